The van der Waals surface area contributed by atoms with E-state index >= 15 is 0 Å². The summed E-state index contributed by atoms with van der Waals surface area (Å²) in [4.78, 5) is 13.5. The first-order valence-corrected chi connectivity index (χ1v) is 6.00. The van der Waals surface area contributed by atoms with E-state index < -0.39 is 0 Å². The number of aryl methyl sites for hydroxylation is 3. The second-order valence-electron chi connectivity index (χ2n) is 5.13. The highest BCUT2D eigenvalue weighted by Gasteiger charge is 2.37. The standard InChI is InChI=1S/C14H20N2O/c1-8-5-9(2)13(10(3)6-8)14-11(15)7-12(17)16(14)4/h5-6,11,14H,7,15H2,1-4H3. The number of nitrogens with zero attached hydrogens (tertiary/aromatic N) is 1. The van der Waals surface area contributed by atoms with Gasteiger partial charge in [-0.3, -0.25) is 4.79 Å². The molecule has 1 aromatic carbocycles. The van der Waals surface area contributed by atoms with E-state index in [0.717, 1.165) is 0 Å². The zero-order valence-electron chi connectivity index (χ0n) is 10.9. The predicted molar refractivity (Wildman–Crippen MR) is 68.8 cm³/mol. The fourth-order valence-corrected chi connectivity index (χ4v) is 2.97. The maximum Gasteiger partial charge on any atom is 0.224 e. The number of carbonyl (C=O) groups excluding carboxylic acids is 1. The first kappa shape index (κ1) is 12.1. The monoisotopic (exact) mass is 232 g/mol. The molecule has 0 saturated carbocycles. The van der Waals surface area contributed by atoms with Gasteiger partial charge in [-0.1, -0.05) is 17.7 Å². The maximum absolute atomic E-state index is 11.7. The molecule has 2 N–H and O–H groups in total. The lowest BCUT2D eigenvalue weighted by Gasteiger charge is -2.27. The molecular weight excluding hydrogens is 212 g/mol. The van der Waals surface area contributed by atoms with E-state index in [4.69, 9.17) is 5.73 Å². The number of rotatable bonds is 1. The molecule has 1 amide bonds. The van der Waals surface area contributed by atoms with Crippen LogP contribution in [-0.2, 0) is 4.79 Å². The number of carbonyl (C=O) groups is 1. The summed E-state index contributed by atoms with van der Waals surface area (Å²) in [7, 11) is 1.85. The van der Waals surface area contributed by atoms with Gasteiger partial charge in [0.1, 0.15) is 0 Å². The van der Waals surface area contributed by atoms with Crippen LogP contribution in [-0.4, -0.2) is 23.9 Å². The number of amides is 1. The van der Waals surface area contributed by atoms with Crippen molar-refractivity contribution in [2.24, 2.45) is 5.73 Å². The Morgan fingerprint density at radius 2 is 1.76 bits per heavy atom. The number of benzene rings is 1. The minimum atomic E-state index is -0.0902. The van der Waals surface area contributed by atoms with Crippen LogP contribution in [0.2, 0.25) is 0 Å². The van der Waals surface area contributed by atoms with Crippen LogP contribution in [0.1, 0.15) is 34.7 Å². The van der Waals surface area contributed by atoms with Crippen LogP contribution < -0.4 is 5.73 Å². The van der Waals surface area contributed by atoms with E-state index in [1.54, 1.807) is 4.90 Å². The van der Waals surface area contributed by atoms with Crippen molar-refractivity contribution in [3.05, 3.63) is 34.4 Å². The topological polar surface area (TPSA) is 46.3 Å². The molecule has 0 bridgehead atoms. The van der Waals surface area contributed by atoms with Crippen LogP contribution in [0.15, 0.2) is 12.1 Å². The van der Waals surface area contributed by atoms with E-state index in [1.807, 2.05) is 7.05 Å². The van der Waals surface area contributed by atoms with Crippen molar-refractivity contribution in [3.8, 4) is 0 Å². The molecule has 0 aromatic heterocycles. The molecule has 3 heteroatoms. The molecule has 2 unspecified atom stereocenters. The Hall–Kier alpha value is -1.35. The molecule has 0 spiro atoms. The van der Waals surface area contributed by atoms with Crippen molar-refractivity contribution in [1.82, 2.24) is 4.90 Å². The van der Waals surface area contributed by atoms with Gasteiger partial charge in [0.05, 0.1) is 6.04 Å². The molecule has 17 heavy (non-hydrogen) atoms. The normalized spacial score (nSPS) is 24.5. The second kappa shape index (κ2) is 4.15. The first-order valence-electron chi connectivity index (χ1n) is 6.00. The van der Waals surface area contributed by atoms with E-state index in [0.29, 0.717) is 6.42 Å². The SMILES string of the molecule is Cc1cc(C)c(C2C(N)CC(=O)N2C)c(C)c1. The lowest BCUT2D eigenvalue weighted by atomic mass is 9.91. The van der Waals surface area contributed by atoms with Gasteiger partial charge in [-0.2, -0.15) is 0 Å². The lowest BCUT2D eigenvalue weighted by Crippen LogP contribution is -2.31. The molecule has 1 aliphatic heterocycles. The summed E-state index contributed by atoms with van der Waals surface area (Å²) in [6, 6.07) is 4.26. The zero-order valence-corrected chi connectivity index (χ0v) is 10.9. The van der Waals surface area contributed by atoms with Gasteiger partial charge in [-0.05, 0) is 37.5 Å². The van der Waals surface area contributed by atoms with Crippen molar-refractivity contribution < 1.29 is 4.79 Å². The van der Waals surface area contributed by atoms with Crippen molar-refractivity contribution in [1.29, 1.82) is 0 Å². The van der Waals surface area contributed by atoms with Crippen LogP contribution in [0.4, 0.5) is 0 Å². The van der Waals surface area contributed by atoms with Gasteiger partial charge in [-0.25, -0.2) is 0 Å². The molecule has 1 aliphatic rings. The van der Waals surface area contributed by atoms with Gasteiger partial charge in [-0.15, -0.1) is 0 Å². The fourth-order valence-electron chi connectivity index (χ4n) is 2.97. The minimum Gasteiger partial charge on any atom is -0.337 e. The van der Waals surface area contributed by atoms with Gasteiger partial charge >= 0.3 is 0 Å². The summed E-state index contributed by atoms with van der Waals surface area (Å²) in [5.74, 6) is 0.141. The molecule has 92 valence electrons. The molecule has 1 saturated heterocycles. The Morgan fingerprint density at radius 1 is 1.24 bits per heavy atom. The molecule has 3 nitrogen and oxygen atoms in total. The minimum absolute atomic E-state index is 0.0306. The van der Waals surface area contributed by atoms with E-state index in [-0.39, 0.29) is 18.0 Å². The maximum atomic E-state index is 11.7. The van der Waals surface area contributed by atoms with E-state index in [2.05, 4.69) is 32.9 Å². The Balaban J connectivity index is 2.51. The van der Waals surface area contributed by atoms with Gasteiger partial charge in [0.25, 0.3) is 0 Å². The largest absolute Gasteiger partial charge is 0.337 e. The molecule has 1 aromatic rings. The Morgan fingerprint density at radius 3 is 2.18 bits per heavy atom. The van der Waals surface area contributed by atoms with Gasteiger partial charge in [0.2, 0.25) is 5.91 Å². The highest BCUT2D eigenvalue weighted by molar-refractivity contribution is 5.80. The average molecular weight is 232 g/mol. The van der Waals surface area contributed by atoms with E-state index in [9.17, 15) is 4.79 Å². The summed E-state index contributed by atoms with van der Waals surface area (Å²) < 4.78 is 0. The Bertz CT molecular complexity index is 444. The number of hydrogen-bond acceptors (Lipinski definition) is 2. The van der Waals surface area contributed by atoms with Crippen LogP contribution in [0.5, 0.6) is 0 Å². The van der Waals surface area contributed by atoms with Crippen molar-refractivity contribution in [2.45, 2.75) is 39.3 Å². The molecule has 1 heterocycles. The average Bonchev–Trinajstić information content (AvgIpc) is 2.43. The smallest absolute Gasteiger partial charge is 0.224 e. The highest BCUT2D eigenvalue weighted by Crippen LogP contribution is 2.34. The first-order chi connectivity index (χ1) is 7.91. The summed E-state index contributed by atoms with van der Waals surface area (Å²) in [6.07, 6.45) is 0.452. The van der Waals surface area contributed by atoms with Crippen LogP contribution >= 0.6 is 0 Å². The second-order valence-corrected chi connectivity index (χ2v) is 5.13. The van der Waals surface area contributed by atoms with Crippen molar-refractivity contribution in [3.63, 3.8) is 0 Å². The number of hydrogen-bond donors (Lipinski definition) is 1. The molecule has 1 fully saturated rings. The lowest BCUT2D eigenvalue weighted by molar-refractivity contribution is -0.127. The third kappa shape index (κ3) is 1.95. The summed E-state index contributed by atoms with van der Waals surface area (Å²) in [6.45, 7) is 6.28. The summed E-state index contributed by atoms with van der Waals surface area (Å²) in [5.41, 5.74) is 11.0. The Labute approximate surface area is 103 Å². The molecule has 2 atom stereocenters. The van der Waals surface area contributed by atoms with Crippen LogP contribution in [0, 0.1) is 20.8 Å². The highest BCUT2D eigenvalue weighted by atomic mass is 16.2. The number of nitrogens with two attached hydrogens (primary N) is 1. The number of likely N-dealkylation sites (tertiary alicyclic amines) is 1. The molecule has 2 rings (SSSR count). The summed E-state index contributed by atoms with van der Waals surface area (Å²) >= 11 is 0. The predicted octanol–water partition coefficient (Wildman–Crippen LogP) is 1.84. The third-order valence-electron chi connectivity index (χ3n) is 3.66. The Kier molecular flexibility index (Phi) is 2.96. The quantitative estimate of drug-likeness (QED) is 0.803. The van der Waals surface area contributed by atoms with Gasteiger partial charge in [0.15, 0.2) is 0 Å². The molecule has 0 radical (unpaired) electrons. The van der Waals surface area contributed by atoms with Gasteiger partial charge < -0.3 is 10.6 Å². The third-order valence-corrected chi connectivity index (χ3v) is 3.66. The van der Waals surface area contributed by atoms with E-state index in [1.165, 1.54) is 22.3 Å². The fraction of sp³-hybridized carbons (Fsp3) is 0.500. The summed E-state index contributed by atoms with van der Waals surface area (Å²) in [5, 5.41) is 0. The molecule has 0 aliphatic carbocycles. The molecular formula is C14H20N2O. The van der Waals surface area contributed by atoms with Crippen LogP contribution in [0.3, 0.4) is 0 Å². The van der Waals surface area contributed by atoms with Crippen LogP contribution in [0.25, 0.3) is 0 Å². The number of likely N-dealkylation sites (N-methyl/N-ethyl adjacent to an activating group) is 1. The van der Waals surface area contributed by atoms with Crippen molar-refractivity contribution in [2.75, 3.05) is 7.05 Å². The van der Waals surface area contributed by atoms with Crippen molar-refractivity contribution >= 4 is 5.91 Å². The zero-order chi connectivity index (χ0) is 12.7. The van der Waals surface area contributed by atoms with Gasteiger partial charge in [0, 0.05) is 19.5 Å².